The third-order valence-corrected chi connectivity index (χ3v) is 15.1. The van der Waals surface area contributed by atoms with Crippen molar-refractivity contribution < 1.29 is 54.6 Å². The van der Waals surface area contributed by atoms with Crippen molar-refractivity contribution in [1.82, 2.24) is 24.0 Å². The number of halogens is 5. The van der Waals surface area contributed by atoms with Crippen LogP contribution in [0.25, 0.3) is 16.7 Å². The highest BCUT2D eigenvalue weighted by Crippen LogP contribution is 2.58. The molecular weight excluding hydrogens is 834 g/mol. The standard InChI is InChI=1S/C41H48ClF4N5O8S/c1-23-7-5-6-8-25-19-40(25,36(55)49-60(56,57)39(22-43)11-12-39)20-32(52)31-17-27(58-34-29-16-26(42)9-10-30(29)50-14-13-47-37(50)48-34)21-51(31)35(54)28(24(2)15-23)18-33(53)59-38(3,4)41(44,45)46/h6,8-10,13-14,16,23-25,27-28,31H,5,7,11-12,15,17-22H2,1-4H3,(H,49,55)/b8-6-/t23-,24+,25+,27+,28-,31-,40+/m0/s1. The lowest BCUT2D eigenvalue weighted by Crippen LogP contribution is -2.49. The molecule has 1 aromatic carbocycles. The Kier molecular flexibility index (Phi) is 11.6. The van der Waals surface area contributed by atoms with Gasteiger partial charge in [0.1, 0.15) is 17.5 Å². The maximum Gasteiger partial charge on any atom is 0.427 e. The van der Waals surface area contributed by atoms with Crippen LogP contribution in [0, 0.1) is 29.1 Å². The molecule has 326 valence electrons. The Morgan fingerprint density at radius 2 is 1.85 bits per heavy atom. The zero-order chi connectivity index (χ0) is 43.6. The van der Waals surface area contributed by atoms with Crippen LogP contribution in [0.5, 0.6) is 5.88 Å². The van der Waals surface area contributed by atoms with Crippen LogP contribution < -0.4 is 9.46 Å². The second-order valence-corrected chi connectivity index (χ2v) is 20.1. The quantitative estimate of drug-likeness (QED) is 0.139. The van der Waals surface area contributed by atoms with E-state index in [4.69, 9.17) is 21.1 Å². The van der Waals surface area contributed by atoms with Crippen LogP contribution in [0.15, 0.2) is 42.7 Å². The molecule has 0 radical (unpaired) electrons. The molecule has 2 amide bonds. The summed E-state index contributed by atoms with van der Waals surface area (Å²) in [6.07, 6.45) is 1.55. The number of carbonyl (C=O) groups is 4. The highest BCUT2D eigenvalue weighted by atomic mass is 35.5. The molecule has 3 aromatic rings. The topological polar surface area (TPSA) is 166 Å². The number of sulfonamides is 1. The number of nitrogens with zero attached hydrogens (tertiary/aromatic N) is 4. The number of benzene rings is 1. The number of carbonyl (C=O) groups excluding carboxylic acids is 4. The van der Waals surface area contributed by atoms with Crippen LogP contribution in [-0.4, -0.2) is 93.1 Å². The Morgan fingerprint density at radius 1 is 1.12 bits per heavy atom. The molecule has 19 heteroatoms. The number of hydrogen-bond acceptors (Lipinski definition) is 10. The number of amides is 2. The molecule has 7 atom stereocenters. The number of nitrogens with one attached hydrogen (secondary N) is 1. The fourth-order valence-corrected chi connectivity index (χ4v) is 10.3. The Balaban J connectivity index is 1.25. The summed E-state index contributed by atoms with van der Waals surface area (Å²) in [5, 5.41) is 0.874. The number of ketones is 1. The maximum atomic E-state index is 14.9. The fourth-order valence-electron chi connectivity index (χ4n) is 8.66. The van der Waals surface area contributed by atoms with Gasteiger partial charge in [0.15, 0.2) is 5.78 Å². The molecule has 7 rings (SSSR count). The zero-order valence-corrected chi connectivity index (χ0v) is 35.2. The van der Waals surface area contributed by atoms with Crippen molar-refractivity contribution in [2.45, 2.75) is 114 Å². The van der Waals surface area contributed by atoms with E-state index in [1.165, 1.54) is 4.90 Å². The van der Waals surface area contributed by atoms with Crippen LogP contribution in [0.3, 0.4) is 0 Å². The van der Waals surface area contributed by atoms with E-state index in [0.717, 1.165) is 13.8 Å². The minimum atomic E-state index is -4.89. The predicted octanol–water partition coefficient (Wildman–Crippen LogP) is 6.70. The molecule has 4 heterocycles. The first-order valence-electron chi connectivity index (χ1n) is 20.1. The van der Waals surface area contributed by atoms with Crippen molar-refractivity contribution in [3.63, 3.8) is 0 Å². The number of Topliss-reactive ketones (excluding diaryl/α,β-unsaturated/α-hetero) is 1. The van der Waals surface area contributed by atoms with Gasteiger partial charge >= 0.3 is 12.1 Å². The Bertz CT molecular complexity index is 2350. The van der Waals surface area contributed by atoms with E-state index in [9.17, 15) is 45.2 Å². The van der Waals surface area contributed by atoms with Crippen LogP contribution >= 0.6 is 11.6 Å². The lowest BCUT2D eigenvalue weighted by molar-refractivity contribution is -0.257. The monoisotopic (exact) mass is 881 g/mol. The Hall–Kier alpha value is -4.32. The first kappa shape index (κ1) is 43.8. The maximum absolute atomic E-state index is 14.9. The van der Waals surface area contributed by atoms with Gasteiger partial charge in [-0.05, 0) is 88.3 Å². The lowest BCUT2D eigenvalue weighted by Gasteiger charge is -2.33. The van der Waals surface area contributed by atoms with Crippen molar-refractivity contribution in [2.75, 3.05) is 13.2 Å². The van der Waals surface area contributed by atoms with Crippen LogP contribution in [0.4, 0.5) is 17.6 Å². The summed E-state index contributed by atoms with van der Waals surface area (Å²) in [5.41, 5.74) is -3.72. The van der Waals surface area contributed by atoms with E-state index in [-0.39, 0.29) is 44.0 Å². The molecule has 0 bridgehead atoms. The summed E-state index contributed by atoms with van der Waals surface area (Å²) in [5.74, 6) is -5.41. The number of hydrogen-bond donors (Lipinski definition) is 1. The van der Waals surface area contributed by atoms with Crippen molar-refractivity contribution in [1.29, 1.82) is 0 Å². The third kappa shape index (κ3) is 8.34. The van der Waals surface area contributed by atoms with Gasteiger partial charge in [0.2, 0.25) is 39.1 Å². The molecule has 4 aliphatic rings. The number of allylic oxidation sites excluding steroid dienone is 2. The van der Waals surface area contributed by atoms with Gasteiger partial charge in [0.25, 0.3) is 0 Å². The highest BCUT2D eigenvalue weighted by molar-refractivity contribution is 7.91. The number of imidazole rings is 1. The van der Waals surface area contributed by atoms with Crippen molar-refractivity contribution >= 4 is 61.9 Å². The van der Waals surface area contributed by atoms with Gasteiger partial charge in [-0.2, -0.15) is 18.2 Å². The predicted molar refractivity (Wildman–Crippen MR) is 211 cm³/mol. The van der Waals surface area contributed by atoms with Crippen LogP contribution in [-0.2, 0) is 33.9 Å². The Morgan fingerprint density at radius 3 is 2.53 bits per heavy atom. The summed E-state index contributed by atoms with van der Waals surface area (Å²) in [6.45, 7) is 3.73. The molecule has 13 nitrogen and oxygen atoms in total. The normalized spacial score (nSPS) is 29.2. The molecule has 0 spiro atoms. The average molecular weight is 882 g/mol. The van der Waals surface area contributed by atoms with E-state index < -0.39 is 105 Å². The molecule has 1 N–H and O–H groups in total. The minimum absolute atomic E-state index is 0.0311. The molecule has 3 fully saturated rings. The Labute approximate surface area is 349 Å². The van der Waals surface area contributed by atoms with E-state index in [2.05, 4.69) is 14.7 Å². The summed E-state index contributed by atoms with van der Waals surface area (Å²) in [7, 11) is -4.43. The summed E-state index contributed by atoms with van der Waals surface area (Å²) >= 11 is 6.38. The minimum Gasteiger partial charge on any atom is -0.472 e. The average Bonchev–Trinajstić information content (AvgIpc) is 4.00. The zero-order valence-electron chi connectivity index (χ0n) is 33.6. The third-order valence-electron chi connectivity index (χ3n) is 12.8. The van der Waals surface area contributed by atoms with E-state index in [1.54, 1.807) is 48.0 Å². The van der Waals surface area contributed by atoms with Crippen LogP contribution in [0.2, 0.25) is 5.02 Å². The molecule has 0 unspecified atom stereocenters. The summed E-state index contributed by atoms with van der Waals surface area (Å²) in [6, 6.07) is 3.81. The highest BCUT2D eigenvalue weighted by Gasteiger charge is 2.63. The number of esters is 1. The SMILES string of the molecule is C[C@H]1CC/C=C\[C@@H]2C[C@@]2(C(=O)NS(=O)(=O)C2(CF)CC2)CC(=O)[C@@H]2C[C@@H](Oc3nc4nccn4c4ccc(Cl)cc34)CN2C(=O)[C@@H](CC(=O)OC(C)(C)C(F)(F)F)[C@H](C)C1. The van der Waals surface area contributed by atoms with E-state index in [1.807, 2.05) is 13.0 Å². The number of alkyl halides is 4. The molecule has 2 saturated carbocycles. The number of ether oxygens (including phenoxy) is 2. The largest absolute Gasteiger partial charge is 0.472 e. The fraction of sp³-hybridized carbons (Fsp3) is 0.610. The molecule has 60 heavy (non-hydrogen) atoms. The van der Waals surface area contributed by atoms with Gasteiger partial charge in [0.05, 0.1) is 41.2 Å². The molecule has 2 aliphatic carbocycles. The molecule has 2 aromatic heterocycles. The molecular formula is C41H48ClF4N5O8S. The van der Waals surface area contributed by atoms with Gasteiger partial charge in [-0.3, -0.25) is 28.3 Å². The van der Waals surface area contributed by atoms with Crippen molar-refractivity contribution in [2.24, 2.45) is 29.1 Å². The number of rotatable bonds is 9. The van der Waals surface area contributed by atoms with E-state index in [0.29, 0.717) is 41.0 Å². The van der Waals surface area contributed by atoms with Crippen LogP contribution in [0.1, 0.15) is 85.5 Å². The summed E-state index contributed by atoms with van der Waals surface area (Å²) < 4.78 is 95.2. The second-order valence-electron chi connectivity index (χ2n) is 17.6. The van der Waals surface area contributed by atoms with Gasteiger partial charge in [-0.25, -0.2) is 17.8 Å². The molecule has 1 saturated heterocycles. The van der Waals surface area contributed by atoms with Gasteiger partial charge in [-0.1, -0.05) is 37.6 Å². The number of aromatic nitrogens is 3. The van der Waals surface area contributed by atoms with Gasteiger partial charge in [0, 0.05) is 30.3 Å². The van der Waals surface area contributed by atoms with Gasteiger partial charge in [-0.15, -0.1) is 0 Å². The summed E-state index contributed by atoms with van der Waals surface area (Å²) in [4.78, 5) is 67.0. The smallest absolute Gasteiger partial charge is 0.427 e. The van der Waals surface area contributed by atoms with Crippen molar-refractivity contribution in [3.05, 3.63) is 47.8 Å². The van der Waals surface area contributed by atoms with Gasteiger partial charge < -0.3 is 14.4 Å². The first-order chi connectivity index (χ1) is 28.1. The second kappa shape index (κ2) is 15.9. The lowest BCUT2D eigenvalue weighted by atomic mass is 9.82. The van der Waals surface area contributed by atoms with E-state index >= 15 is 0 Å². The number of fused-ring (bicyclic) bond motifs is 5. The first-order valence-corrected chi connectivity index (χ1v) is 22.0. The van der Waals surface area contributed by atoms with Crippen molar-refractivity contribution in [3.8, 4) is 5.88 Å². The molecule has 2 aliphatic heterocycles.